The number of guanidine groups is 1. The maximum Gasteiger partial charge on any atom is 0.242 e. The summed E-state index contributed by atoms with van der Waals surface area (Å²) < 4.78 is 25.6. The van der Waals surface area contributed by atoms with Crippen molar-refractivity contribution >= 4 is 51.6 Å². The van der Waals surface area contributed by atoms with Crippen molar-refractivity contribution in [1.29, 1.82) is 0 Å². The first-order valence-corrected chi connectivity index (χ1v) is 11.9. The number of benzene rings is 2. The van der Waals surface area contributed by atoms with Crippen molar-refractivity contribution < 1.29 is 8.42 Å². The zero-order valence-corrected chi connectivity index (χ0v) is 22.0. The lowest BCUT2D eigenvalue weighted by Crippen LogP contribution is -2.41. The molecule has 0 amide bonds. The molecule has 2 aromatic rings. The van der Waals surface area contributed by atoms with E-state index in [1.54, 1.807) is 24.3 Å². The maximum atomic E-state index is 12.2. The van der Waals surface area contributed by atoms with Gasteiger partial charge < -0.3 is 10.6 Å². The summed E-state index contributed by atoms with van der Waals surface area (Å²) in [5, 5.41) is 7.50. The van der Waals surface area contributed by atoms with Gasteiger partial charge in [-0.2, -0.15) is 0 Å². The van der Waals surface area contributed by atoms with Crippen molar-refractivity contribution in [2.24, 2.45) is 4.99 Å². The number of rotatable bonds is 8. The first-order chi connectivity index (χ1) is 14.3. The molecular weight excluding hydrogens is 547 g/mol. The molecule has 0 bridgehead atoms. The summed E-state index contributed by atoms with van der Waals surface area (Å²) in [4.78, 5) is 4.94. The van der Waals surface area contributed by atoms with E-state index >= 15 is 0 Å². The normalized spacial score (nSPS) is 15.3. The van der Waals surface area contributed by atoms with Crippen LogP contribution in [-0.2, 0) is 22.0 Å². The van der Waals surface area contributed by atoms with E-state index in [1.165, 1.54) is 24.0 Å². The summed E-state index contributed by atoms with van der Waals surface area (Å²) in [6.45, 7) is 4.04. The van der Waals surface area contributed by atoms with E-state index in [9.17, 15) is 8.42 Å². The SMILES string of the molecule is CCNC(=NCc1ccc(S(=O)(=O)N(C)C)cc1)NCC1(c2cccc(Cl)c2)CC1.I. The van der Waals surface area contributed by atoms with Gasteiger partial charge in [0.05, 0.1) is 11.4 Å². The van der Waals surface area contributed by atoms with E-state index < -0.39 is 10.0 Å². The lowest BCUT2D eigenvalue weighted by atomic mass is 9.96. The number of nitrogens with zero attached hydrogens (tertiary/aromatic N) is 2. The van der Waals surface area contributed by atoms with Crippen LogP contribution in [0, 0.1) is 0 Å². The van der Waals surface area contributed by atoms with Crippen LogP contribution >= 0.6 is 35.6 Å². The molecule has 3 rings (SSSR count). The minimum atomic E-state index is -3.42. The Bertz CT molecular complexity index is 1010. The fraction of sp³-hybridized carbons (Fsp3) is 0.409. The Kier molecular flexibility index (Phi) is 9.17. The largest absolute Gasteiger partial charge is 0.357 e. The number of aliphatic imine (C=N–C) groups is 1. The Morgan fingerprint density at radius 3 is 2.35 bits per heavy atom. The van der Waals surface area contributed by atoms with Crippen LogP contribution in [-0.4, -0.2) is 45.9 Å². The lowest BCUT2D eigenvalue weighted by molar-refractivity contribution is 0.520. The van der Waals surface area contributed by atoms with E-state index in [4.69, 9.17) is 11.6 Å². The third kappa shape index (κ3) is 6.57. The molecule has 170 valence electrons. The van der Waals surface area contributed by atoms with Gasteiger partial charge in [0.1, 0.15) is 0 Å². The molecule has 0 atom stereocenters. The molecule has 0 aliphatic heterocycles. The first kappa shape index (κ1) is 25.9. The van der Waals surface area contributed by atoms with Crippen molar-refractivity contribution in [2.45, 2.75) is 36.6 Å². The van der Waals surface area contributed by atoms with Crippen LogP contribution in [0.1, 0.15) is 30.9 Å². The Morgan fingerprint density at radius 2 is 1.81 bits per heavy atom. The van der Waals surface area contributed by atoms with Crippen LogP contribution in [0.5, 0.6) is 0 Å². The zero-order valence-electron chi connectivity index (χ0n) is 18.1. The van der Waals surface area contributed by atoms with Gasteiger partial charge in [-0.1, -0.05) is 35.9 Å². The summed E-state index contributed by atoms with van der Waals surface area (Å²) in [6.07, 6.45) is 2.25. The minimum Gasteiger partial charge on any atom is -0.357 e. The molecule has 0 spiro atoms. The van der Waals surface area contributed by atoms with Crippen molar-refractivity contribution in [3.05, 3.63) is 64.7 Å². The number of hydrogen-bond donors (Lipinski definition) is 2. The first-order valence-electron chi connectivity index (χ1n) is 10.1. The van der Waals surface area contributed by atoms with Crippen molar-refractivity contribution in [2.75, 3.05) is 27.2 Å². The van der Waals surface area contributed by atoms with Crippen LogP contribution in [0.3, 0.4) is 0 Å². The van der Waals surface area contributed by atoms with Crippen LogP contribution in [0.2, 0.25) is 5.02 Å². The second-order valence-corrected chi connectivity index (χ2v) is 10.4. The summed E-state index contributed by atoms with van der Waals surface area (Å²) in [5.74, 6) is 0.746. The third-order valence-electron chi connectivity index (χ3n) is 5.35. The molecule has 1 aliphatic rings. The molecule has 31 heavy (non-hydrogen) atoms. The molecule has 0 unspecified atom stereocenters. The zero-order chi connectivity index (χ0) is 21.8. The summed E-state index contributed by atoms with van der Waals surface area (Å²) >= 11 is 6.17. The predicted molar refractivity (Wildman–Crippen MR) is 138 cm³/mol. The van der Waals surface area contributed by atoms with Crippen LogP contribution in [0.4, 0.5) is 0 Å². The number of halogens is 2. The van der Waals surface area contributed by atoms with Gasteiger partial charge in [-0.05, 0) is 55.2 Å². The minimum absolute atomic E-state index is 0. The summed E-state index contributed by atoms with van der Waals surface area (Å²) in [7, 11) is -0.366. The van der Waals surface area contributed by atoms with Crippen LogP contribution < -0.4 is 10.6 Å². The average molecular weight is 577 g/mol. The van der Waals surface area contributed by atoms with E-state index in [-0.39, 0.29) is 34.3 Å². The van der Waals surface area contributed by atoms with E-state index in [2.05, 4.69) is 21.7 Å². The molecule has 2 N–H and O–H groups in total. The summed E-state index contributed by atoms with van der Waals surface area (Å²) in [6, 6.07) is 14.9. The van der Waals surface area contributed by atoms with Crippen LogP contribution in [0.25, 0.3) is 0 Å². The second-order valence-electron chi connectivity index (χ2n) is 7.77. The van der Waals surface area contributed by atoms with Gasteiger partial charge in [-0.15, -0.1) is 24.0 Å². The monoisotopic (exact) mass is 576 g/mol. The van der Waals surface area contributed by atoms with Gasteiger partial charge in [0.15, 0.2) is 5.96 Å². The molecule has 9 heteroatoms. The van der Waals surface area contributed by atoms with Gasteiger partial charge in [-0.25, -0.2) is 17.7 Å². The highest BCUT2D eigenvalue weighted by atomic mass is 127. The number of nitrogens with one attached hydrogen (secondary N) is 2. The van der Waals surface area contributed by atoms with Gasteiger partial charge in [0, 0.05) is 37.6 Å². The molecule has 6 nitrogen and oxygen atoms in total. The fourth-order valence-corrected chi connectivity index (χ4v) is 4.37. The molecule has 2 aromatic carbocycles. The van der Waals surface area contributed by atoms with E-state index in [1.807, 2.05) is 25.1 Å². The van der Waals surface area contributed by atoms with Gasteiger partial charge in [-0.3, -0.25) is 0 Å². The highest BCUT2D eigenvalue weighted by molar-refractivity contribution is 14.0. The molecule has 1 aliphatic carbocycles. The Morgan fingerprint density at radius 1 is 1.13 bits per heavy atom. The standard InChI is InChI=1S/C22H29ClN4O2S.HI/c1-4-24-21(26-16-22(12-13-22)18-6-5-7-19(23)14-18)25-15-17-8-10-20(11-9-17)30(28,29)27(2)3;/h5-11,14H,4,12-13,15-16H2,1-3H3,(H2,24,25,26);1H. The molecule has 0 heterocycles. The van der Waals surface area contributed by atoms with E-state index in [0.29, 0.717) is 6.54 Å². The molecule has 1 saturated carbocycles. The molecule has 1 fully saturated rings. The molecule has 0 saturated heterocycles. The molecule has 0 radical (unpaired) electrons. The second kappa shape index (κ2) is 11.0. The van der Waals surface area contributed by atoms with Crippen molar-refractivity contribution in [3.63, 3.8) is 0 Å². The summed E-state index contributed by atoms with van der Waals surface area (Å²) in [5.41, 5.74) is 2.32. The third-order valence-corrected chi connectivity index (χ3v) is 7.42. The molecular formula is C22H30ClIN4O2S. The maximum absolute atomic E-state index is 12.2. The number of hydrogen-bond acceptors (Lipinski definition) is 3. The predicted octanol–water partition coefficient (Wildman–Crippen LogP) is 4.00. The van der Waals surface area contributed by atoms with Gasteiger partial charge in [0.2, 0.25) is 10.0 Å². The molecule has 0 aromatic heterocycles. The Hall–Kier alpha value is -1.36. The topological polar surface area (TPSA) is 73.8 Å². The quantitative estimate of drug-likeness (QED) is 0.283. The van der Waals surface area contributed by atoms with Crippen molar-refractivity contribution in [1.82, 2.24) is 14.9 Å². The number of sulfonamides is 1. The van der Waals surface area contributed by atoms with Gasteiger partial charge >= 0.3 is 0 Å². The smallest absolute Gasteiger partial charge is 0.242 e. The van der Waals surface area contributed by atoms with Crippen LogP contribution in [0.15, 0.2) is 58.4 Å². The highest BCUT2D eigenvalue weighted by Gasteiger charge is 2.44. The Balaban J connectivity index is 0.00000341. The van der Waals surface area contributed by atoms with E-state index in [0.717, 1.165) is 42.5 Å². The average Bonchev–Trinajstić information content (AvgIpc) is 3.51. The lowest BCUT2D eigenvalue weighted by Gasteiger charge is -2.19. The highest BCUT2D eigenvalue weighted by Crippen LogP contribution is 2.48. The van der Waals surface area contributed by atoms with Gasteiger partial charge in [0.25, 0.3) is 0 Å². The fourth-order valence-electron chi connectivity index (χ4n) is 3.28. The Labute approximate surface area is 207 Å². The van der Waals surface area contributed by atoms with Crippen molar-refractivity contribution in [3.8, 4) is 0 Å².